The standard InChI is InChI=1S/C41H26N2O/c1-25-16-18-29-32(20-25)33-21-28(17-19-30(33)35-23-40-36(22-34(29)35)31-14-8-9-15-39(31)44-40)38-24-37(26-10-4-2-5-11-26)42-41(43-38)27-12-6-3-7-13-27/h2-24H,1H3. The summed E-state index contributed by atoms with van der Waals surface area (Å²) in [7, 11) is 0. The fourth-order valence-electron chi connectivity index (χ4n) is 6.56. The first kappa shape index (κ1) is 24.8. The predicted octanol–water partition coefficient (Wildman–Crippen LogP) is 11.1. The van der Waals surface area contributed by atoms with Crippen molar-refractivity contribution < 1.29 is 4.42 Å². The van der Waals surface area contributed by atoms with Crippen LogP contribution in [0.1, 0.15) is 5.56 Å². The van der Waals surface area contributed by atoms with Crippen LogP contribution in [-0.4, -0.2) is 9.97 Å². The molecule has 7 aromatic carbocycles. The van der Waals surface area contributed by atoms with Gasteiger partial charge < -0.3 is 4.42 Å². The summed E-state index contributed by atoms with van der Waals surface area (Å²) < 4.78 is 6.33. The van der Waals surface area contributed by atoms with Gasteiger partial charge in [-0.15, -0.1) is 0 Å². The summed E-state index contributed by atoms with van der Waals surface area (Å²) >= 11 is 0. The van der Waals surface area contributed by atoms with E-state index in [9.17, 15) is 0 Å². The van der Waals surface area contributed by atoms with E-state index in [2.05, 4.69) is 97.9 Å². The van der Waals surface area contributed by atoms with Crippen LogP contribution in [0.5, 0.6) is 0 Å². The molecule has 0 aliphatic carbocycles. The van der Waals surface area contributed by atoms with Crippen LogP contribution in [0.25, 0.3) is 88.2 Å². The van der Waals surface area contributed by atoms with E-state index in [1.54, 1.807) is 0 Å². The molecule has 9 aromatic rings. The monoisotopic (exact) mass is 562 g/mol. The molecule has 0 fully saturated rings. The Labute approximate surface area is 254 Å². The Morgan fingerprint density at radius 2 is 1.00 bits per heavy atom. The molecule has 0 N–H and O–H groups in total. The number of aromatic nitrogens is 2. The minimum atomic E-state index is 0.716. The van der Waals surface area contributed by atoms with Crippen LogP contribution < -0.4 is 0 Å². The summed E-state index contributed by atoms with van der Waals surface area (Å²) in [4.78, 5) is 10.1. The van der Waals surface area contributed by atoms with Crippen LogP contribution in [-0.2, 0) is 0 Å². The Balaban J connectivity index is 1.33. The van der Waals surface area contributed by atoms with E-state index in [0.717, 1.165) is 50.0 Å². The van der Waals surface area contributed by atoms with E-state index in [1.165, 1.54) is 37.9 Å². The van der Waals surface area contributed by atoms with Crippen molar-refractivity contribution in [3.8, 4) is 33.9 Å². The van der Waals surface area contributed by atoms with Gasteiger partial charge in [-0.1, -0.05) is 115 Å². The molecule has 0 aliphatic rings. The summed E-state index contributed by atoms with van der Waals surface area (Å²) in [5.74, 6) is 0.716. The van der Waals surface area contributed by atoms with Gasteiger partial charge in [-0.05, 0) is 69.6 Å². The molecule has 0 amide bonds. The molecule has 0 spiro atoms. The molecule has 3 nitrogen and oxygen atoms in total. The number of hydrogen-bond acceptors (Lipinski definition) is 3. The zero-order valence-electron chi connectivity index (χ0n) is 24.1. The van der Waals surface area contributed by atoms with Gasteiger partial charge in [0.2, 0.25) is 0 Å². The number of furan rings is 1. The minimum absolute atomic E-state index is 0.716. The Morgan fingerprint density at radius 3 is 1.80 bits per heavy atom. The van der Waals surface area contributed by atoms with Crippen LogP contribution in [0.4, 0.5) is 0 Å². The van der Waals surface area contributed by atoms with Crippen LogP contribution in [0, 0.1) is 6.92 Å². The first-order valence-electron chi connectivity index (χ1n) is 14.9. The highest BCUT2D eigenvalue weighted by molar-refractivity contribution is 6.28. The predicted molar refractivity (Wildman–Crippen MR) is 183 cm³/mol. The lowest BCUT2D eigenvalue weighted by atomic mass is 9.91. The average Bonchev–Trinajstić information content (AvgIpc) is 3.45. The van der Waals surface area contributed by atoms with Crippen molar-refractivity contribution in [1.29, 1.82) is 0 Å². The third-order valence-corrected chi connectivity index (χ3v) is 8.71. The van der Waals surface area contributed by atoms with Crippen molar-refractivity contribution in [2.75, 3.05) is 0 Å². The number of nitrogens with zero attached hydrogens (tertiary/aromatic N) is 2. The summed E-state index contributed by atoms with van der Waals surface area (Å²) in [5.41, 5.74) is 7.97. The zero-order valence-corrected chi connectivity index (χ0v) is 24.1. The molecule has 9 rings (SSSR count). The number of aryl methyl sites for hydroxylation is 1. The molecular weight excluding hydrogens is 536 g/mol. The van der Waals surface area contributed by atoms with Gasteiger partial charge in [-0.3, -0.25) is 0 Å². The van der Waals surface area contributed by atoms with E-state index >= 15 is 0 Å². The SMILES string of the molecule is Cc1ccc2c(c1)c1cc(-c3cc(-c4ccccc4)nc(-c4ccccc4)n3)ccc1c1cc3oc4ccccc4c3cc21. The quantitative estimate of drug-likeness (QED) is 0.201. The second-order valence-electron chi connectivity index (χ2n) is 11.5. The summed E-state index contributed by atoms with van der Waals surface area (Å²) in [5, 5.41) is 9.59. The molecule has 2 heterocycles. The number of rotatable bonds is 3. The normalized spacial score (nSPS) is 11.8. The fourth-order valence-corrected chi connectivity index (χ4v) is 6.56. The Morgan fingerprint density at radius 1 is 0.386 bits per heavy atom. The average molecular weight is 563 g/mol. The molecular formula is C41H26N2O. The van der Waals surface area contributed by atoms with Gasteiger partial charge in [0, 0.05) is 27.5 Å². The topological polar surface area (TPSA) is 38.9 Å². The van der Waals surface area contributed by atoms with Crippen molar-refractivity contribution in [2.45, 2.75) is 6.92 Å². The number of fused-ring (bicyclic) bond motifs is 9. The number of benzene rings is 7. The van der Waals surface area contributed by atoms with Gasteiger partial charge >= 0.3 is 0 Å². The second kappa shape index (κ2) is 9.62. The molecule has 44 heavy (non-hydrogen) atoms. The molecule has 0 aliphatic heterocycles. The second-order valence-corrected chi connectivity index (χ2v) is 11.5. The molecule has 3 heteroatoms. The molecule has 0 bridgehead atoms. The Kier molecular flexibility index (Phi) is 5.41. The van der Waals surface area contributed by atoms with Gasteiger partial charge in [0.1, 0.15) is 11.2 Å². The van der Waals surface area contributed by atoms with Crippen LogP contribution >= 0.6 is 0 Å². The van der Waals surface area contributed by atoms with Crippen molar-refractivity contribution in [3.05, 3.63) is 145 Å². The largest absolute Gasteiger partial charge is 0.456 e. The van der Waals surface area contributed by atoms with Crippen LogP contribution in [0.3, 0.4) is 0 Å². The lowest BCUT2D eigenvalue weighted by molar-refractivity contribution is 0.669. The maximum absolute atomic E-state index is 6.33. The van der Waals surface area contributed by atoms with Gasteiger partial charge in [0.25, 0.3) is 0 Å². The zero-order chi connectivity index (χ0) is 29.2. The van der Waals surface area contributed by atoms with E-state index < -0.39 is 0 Å². The third kappa shape index (κ3) is 3.90. The smallest absolute Gasteiger partial charge is 0.160 e. The van der Waals surface area contributed by atoms with E-state index in [4.69, 9.17) is 14.4 Å². The van der Waals surface area contributed by atoms with Crippen molar-refractivity contribution >= 4 is 54.3 Å². The van der Waals surface area contributed by atoms with E-state index in [-0.39, 0.29) is 0 Å². The molecule has 0 atom stereocenters. The minimum Gasteiger partial charge on any atom is -0.456 e. The first-order chi connectivity index (χ1) is 21.7. The van der Waals surface area contributed by atoms with Crippen LogP contribution in [0.2, 0.25) is 0 Å². The Hall–Kier alpha value is -5.80. The Bertz CT molecular complexity index is 2490. The molecule has 0 saturated carbocycles. The van der Waals surface area contributed by atoms with Gasteiger partial charge in [0.15, 0.2) is 5.82 Å². The summed E-state index contributed by atoms with van der Waals surface area (Å²) in [6.07, 6.45) is 0. The van der Waals surface area contributed by atoms with Gasteiger partial charge in [-0.2, -0.15) is 0 Å². The lowest BCUT2D eigenvalue weighted by Crippen LogP contribution is -1.96. The molecule has 2 aromatic heterocycles. The molecule has 0 radical (unpaired) electrons. The third-order valence-electron chi connectivity index (χ3n) is 8.71. The molecule has 0 saturated heterocycles. The first-order valence-corrected chi connectivity index (χ1v) is 14.9. The highest BCUT2D eigenvalue weighted by atomic mass is 16.3. The highest BCUT2D eigenvalue weighted by Crippen LogP contribution is 2.41. The summed E-state index contributed by atoms with van der Waals surface area (Å²) in [6.45, 7) is 2.16. The summed E-state index contributed by atoms with van der Waals surface area (Å²) in [6, 6.07) is 49.0. The number of para-hydroxylation sites is 1. The van der Waals surface area contributed by atoms with Gasteiger partial charge in [0.05, 0.1) is 11.4 Å². The maximum Gasteiger partial charge on any atom is 0.160 e. The fraction of sp³-hybridized carbons (Fsp3) is 0.0244. The van der Waals surface area contributed by atoms with E-state index in [0.29, 0.717) is 5.82 Å². The molecule has 206 valence electrons. The van der Waals surface area contributed by atoms with E-state index in [1.807, 2.05) is 48.5 Å². The van der Waals surface area contributed by atoms with Crippen LogP contribution in [0.15, 0.2) is 144 Å². The van der Waals surface area contributed by atoms with Crippen molar-refractivity contribution in [2.24, 2.45) is 0 Å². The maximum atomic E-state index is 6.33. The lowest BCUT2D eigenvalue weighted by Gasteiger charge is -2.14. The highest BCUT2D eigenvalue weighted by Gasteiger charge is 2.16. The van der Waals surface area contributed by atoms with Crippen molar-refractivity contribution in [1.82, 2.24) is 9.97 Å². The number of hydrogen-bond donors (Lipinski definition) is 0. The molecule has 0 unspecified atom stereocenters. The van der Waals surface area contributed by atoms with Gasteiger partial charge in [-0.25, -0.2) is 9.97 Å². The van der Waals surface area contributed by atoms with Crippen molar-refractivity contribution in [3.63, 3.8) is 0 Å².